The monoisotopic (exact) mass is 481 g/mol. The number of aromatic amines is 1. The quantitative estimate of drug-likeness (QED) is 0.580. The molecule has 1 aromatic carbocycles. The summed E-state index contributed by atoms with van der Waals surface area (Å²) in [5.74, 6) is -0.826. The van der Waals surface area contributed by atoms with Crippen LogP contribution in [0.3, 0.4) is 0 Å². The number of hydrogen-bond donors (Lipinski definition) is 2. The molecule has 1 aliphatic heterocycles. The highest BCUT2D eigenvalue weighted by atomic mass is 19.1. The minimum Gasteiger partial charge on any atom is -0.372 e. The Morgan fingerprint density at radius 1 is 1.20 bits per heavy atom. The molecule has 1 aliphatic carbocycles. The summed E-state index contributed by atoms with van der Waals surface area (Å²) in [5.41, 5.74) is 0.441. The molecule has 10 heteroatoms. The van der Waals surface area contributed by atoms with E-state index in [1.54, 1.807) is 25.1 Å². The van der Waals surface area contributed by atoms with Crippen molar-refractivity contribution < 1.29 is 13.9 Å². The Bertz CT molecular complexity index is 1420. The van der Waals surface area contributed by atoms with E-state index in [0.717, 1.165) is 12.8 Å². The maximum absolute atomic E-state index is 15.0. The molecule has 9 nitrogen and oxygen atoms in total. The van der Waals surface area contributed by atoms with E-state index >= 15 is 4.39 Å². The van der Waals surface area contributed by atoms with Crippen LogP contribution < -0.4 is 21.5 Å². The predicted molar refractivity (Wildman–Crippen MR) is 131 cm³/mol. The van der Waals surface area contributed by atoms with Crippen LogP contribution in [0.25, 0.3) is 11.0 Å². The number of ether oxygens (including phenoxy) is 1. The number of amides is 1. The first kappa shape index (κ1) is 23.2. The molecule has 184 valence electrons. The van der Waals surface area contributed by atoms with E-state index < -0.39 is 23.0 Å². The summed E-state index contributed by atoms with van der Waals surface area (Å²) in [6.07, 6.45) is 1.84. The summed E-state index contributed by atoms with van der Waals surface area (Å²) in [6.45, 7) is 7.10. The lowest BCUT2D eigenvalue weighted by Gasteiger charge is -2.37. The minimum absolute atomic E-state index is 0.0169. The Hall–Kier alpha value is -3.53. The SMILES string of the molecule is CCn1c(=O)[nH]c(=O)c2c(C(=O)Nc3ccc(N4CC(C)OC(C)C4)c(F)c3)cc(C3CC3)nc21. The van der Waals surface area contributed by atoms with Crippen LogP contribution in [0.4, 0.5) is 15.8 Å². The fourth-order valence-corrected chi connectivity index (χ4v) is 4.77. The maximum Gasteiger partial charge on any atom is 0.329 e. The average molecular weight is 482 g/mol. The summed E-state index contributed by atoms with van der Waals surface area (Å²) in [4.78, 5) is 47.1. The molecule has 1 amide bonds. The van der Waals surface area contributed by atoms with Gasteiger partial charge in [-0.2, -0.15) is 0 Å². The zero-order valence-electron chi connectivity index (χ0n) is 19.9. The van der Waals surface area contributed by atoms with E-state index in [1.807, 2.05) is 18.7 Å². The Balaban J connectivity index is 1.50. The molecule has 0 spiro atoms. The highest BCUT2D eigenvalue weighted by Crippen LogP contribution is 2.40. The molecule has 5 rings (SSSR count). The van der Waals surface area contributed by atoms with Crippen molar-refractivity contribution in [3.05, 3.63) is 62.2 Å². The van der Waals surface area contributed by atoms with E-state index in [9.17, 15) is 14.4 Å². The number of pyridine rings is 1. The van der Waals surface area contributed by atoms with Crippen molar-refractivity contribution in [3.63, 3.8) is 0 Å². The molecule has 1 saturated heterocycles. The van der Waals surface area contributed by atoms with Crippen molar-refractivity contribution in [1.82, 2.24) is 14.5 Å². The molecule has 0 bridgehead atoms. The molecule has 2 N–H and O–H groups in total. The van der Waals surface area contributed by atoms with Gasteiger partial charge in [-0.15, -0.1) is 0 Å². The molecule has 2 aliphatic rings. The number of nitrogens with one attached hydrogen (secondary N) is 2. The van der Waals surface area contributed by atoms with Crippen molar-refractivity contribution in [2.75, 3.05) is 23.3 Å². The summed E-state index contributed by atoms with van der Waals surface area (Å²) >= 11 is 0. The molecule has 35 heavy (non-hydrogen) atoms. The summed E-state index contributed by atoms with van der Waals surface area (Å²) < 4.78 is 22.1. The van der Waals surface area contributed by atoms with Crippen LogP contribution in [0.1, 0.15) is 55.6 Å². The van der Waals surface area contributed by atoms with Gasteiger partial charge in [-0.25, -0.2) is 14.2 Å². The predicted octanol–water partition coefficient (Wildman–Crippen LogP) is 2.99. The molecule has 2 aromatic heterocycles. The first-order valence-corrected chi connectivity index (χ1v) is 11.9. The van der Waals surface area contributed by atoms with Gasteiger partial charge in [-0.05, 0) is 57.9 Å². The lowest BCUT2D eigenvalue weighted by Crippen LogP contribution is -2.45. The van der Waals surface area contributed by atoms with Gasteiger partial charge < -0.3 is 15.0 Å². The Morgan fingerprint density at radius 3 is 2.54 bits per heavy atom. The third kappa shape index (κ3) is 4.45. The first-order chi connectivity index (χ1) is 16.7. The fraction of sp³-hybridized carbons (Fsp3) is 0.440. The number of halogens is 1. The molecule has 0 radical (unpaired) electrons. The van der Waals surface area contributed by atoms with Gasteiger partial charge in [0.05, 0.1) is 28.8 Å². The number of anilines is 2. The van der Waals surface area contributed by atoms with Crippen molar-refractivity contribution in [1.29, 1.82) is 0 Å². The van der Waals surface area contributed by atoms with Crippen molar-refractivity contribution in [2.45, 2.75) is 58.3 Å². The van der Waals surface area contributed by atoms with Crippen LogP contribution in [0.5, 0.6) is 0 Å². The molecular formula is C25H28FN5O4. The van der Waals surface area contributed by atoms with Gasteiger partial charge in [0.15, 0.2) is 5.65 Å². The smallest absolute Gasteiger partial charge is 0.329 e. The second kappa shape index (κ2) is 8.92. The first-order valence-electron chi connectivity index (χ1n) is 11.9. The number of carbonyl (C=O) groups excluding carboxylic acids is 1. The normalized spacial score (nSPS) is 20.3. The number of rotatable bonds is 5. The van der Waals surface area contributed by atoms with Gasteiger partial charge in [-0.3, -0.25) is 19.1 Å². The molecule has 3 aromatic rings. The number of morpholine rings is 1. The number of nitrogens with zero attached hydrogens (tertiary/aromatic N) is 3. The molecule has 2 atom stereocenters. The molecular weight excluding hydrogens is 453 g/mol. The van der Waals surface area contributed by atoms with E-state index in [0.29, 0.717) is 31.0 Å². The van der Waals surface area contributed by atoms with Crippen LogP contribution in [0.2, 0.25) is 0 Å². The van der Waals surface area contributed by atoms with Crippen molar-refractivity contribution in [2.24, 2.45) is 0 Å². The topological polar surface area (TPSA) is 109 Å². The molecule has 2 unspecified atom stereocenters. The number of hydrogen-bond acceptors (Lipinski definition) is 6. The standard InChI is InChI=1S/C25H28FN5O4/c1-4-31-22-21(24(33)29-25(31)34)17(10-19(28-22)15-5-6-15)23(32)27-16-7-8-20(18(26)9-16)30-11-13(2)35-14(3)12-30/h7-10,13-15H,4-6,11-12H2,1-3H3,(H,27,32)(H,29,33,34). The van der Waals surface area contributed by atoms with E-state index in [1.165, 1.54) is 10.6 Å². The van der Waals surface area contributed by atoms with Gasteiger partial charge in [0.2, 0.25) is 0 Å². The van der Waals surface area contributed by atoms with Crippen molar-refractivity contribution in [3.8, 4) is 0 Å². The van der Waals surface area contributed by atoms with Gasteiger partial charge in [0, 0.05) is 36.9 Å². The summed E-state index contributed by atoms with van der Waals surface area (Å²) in [5, 5.41) is 2.76. The van der Waals surface area contributed by atoms with Crippen LogP contribution in [-0.2, 0) is 11.3 Å². The van der Waals surface area contributed by atoms with Crippen LogP contribution in [0.15, 0.2) is 33.9 Å². The minimum atomic E-state index is -0.674. The van der Waals surface area contributed by atoms with E-state index in [4.69, 9.17) is 4.74 Å². The second-order valence-corrected chi connectivity index (χ2v) is 9.35. The van der Waals surface area contributed by atoms with E-state index in [2.05, 4.69) is 15.3 Å². The number of benzene rings is 1. The number of carbonyl (C=O) groups is 1. The lowest BCUT2D eigenvalue weighted by molar-refractivity contribution is -0.00539. The van der Waals surface area contributed by atoms with Gasteiger partial charge in [0.25, 0.3) is 11.5 Å². The number of aryl methyl sites for hydroxylation is 1. The highest BCUT2D eigenvalue weighted by molar-refractivity contribution is 6.12. The number of H-pyrrole nitrogens is 1. The van der Waals surface area contributed by atoms with Gasteiger partial charge in [0.1, 0.15) is 5.82 Å². The zero-order chi connectivity index (χ0) is 24.9. The Kier molecular flexibility index (Phi) is 5.92. The second-order valence-electron chi connectivity index (χ2n) is 9.35. The third-order valence-corrected chi connectivity index (χ3v) is 6.49. The highest BCUT2D eigenvalue weighted by Gasteiger charge is 2.29. The van der Waals surface area contributed by atoms with Crippen LogP contribution >= 0.6 is 0 Å². The Labute approximate surface area is 200 Å². The van der Waals surface area contributed by atoms with Crippen LogP contribution in [0, 0.1) is 5.82 Å². The summed E-state index contributed by atoms with van der Waals surface area (Å²) in [7, 11) is 0. The summed E-state index contributed by atoms with van der Waals surface area (Å²) in [6, 6.07) is 6.15. The number of aromatic nitrogens is 3. The van der Waals surface area contributed by atoms with Gasteiger partial charge >= 0.3 is 5.69 Å². The molecule has 2 fully saturated rings. The van der Waals surface area contributed by atoms with E-state index in [-0.39, 0.29) is 40.4 Å². The lowest BCUT2D eigenvalue weighted by atomic mass is 10.1. The van der Waals surface area contributed by atoms with Gasteiger partial charge in [-0.1, -0.05) is 0 Å². The van der Waals surface area contributed by atoms with Crippen molar-refractivity contribution >= 4 is 28.3 Å². The maximum atomic E-state index is 15.0. The number of fused-ring (bicyclic) bond motifs is 1. The third-order valence-electron chi connectivity index (χ3n) is 6.49. The molecule has 1 saturated carbocycles. The Morgan fingerprint density at radius 2 is 1.91 bits per heavy atom. The zero-order valence-corrected chi connectivity index (χ0v) is 19.9. The fourth-order valence-electron chi connectivity index (χ4n) is 4.77. The average Bonchev–Trinajstić information content (AvgIpc) is 3.63. The molecule has 3 heterocycles. The van der Waals surface area contributed by atoms with Crippen LogP contribution in [-0.4, -0.2) is 45.7 Å². The largest absolute Gasteiger partial charge is 0.372 e.